The van der Waals surface area contributed by atoms with Crippen LogP contribution < -0.4 is 5.32 Å². The highest BCUT2D eigenvalue weighted by atomic mass is 16.2. The highest BCUT2D eigenvalue weighted by Gasteiger charge is 2.44. The van der Waals surface area contributed by atoms with Crippen LogP contribution in [0.5, 0.6) is 0 Å². The molecule has 1 aromatic carbocycles. The summed E-state index contributed by atoms with van der Waals surface area (Å²) in [7, 11) is 0. The second-order valence-corrected chi connectivity index (χ2v) is 5.40. The molecule has 20 heavy (non-hydrogen) atoms. The Balaban J connectivity index is 2.18. The van der Waals surface area contributed by atoms with E-state index in [1.54, 1.807) is 4.90 Å². The normalized spacial score (nSPS) is 21.6. The minimum atomic E-state index is -0.797. The maximum absolute atomic E-state index is 12.5. The molecule has 0 aliphatic carbocycles. The Morgan fingerprint density at radius 3 is 2.85 bits per heavy atom. The molecular formula is C16H20N2O2. The fourth-order valence-electron chi connectivity index (χ4n) is 2.65. The van der Waals surface area contributed by atoms with Crippen molar-refractivity contribution in [2.45, 2.75) is 32.2 Å². The number of anilines is 1. The van der Waals surface area contributed by atoms with Gasteiger partial charge in [-0.05, 0) is 50.5 Å². The highest BCUT2D eigenvalue weighted by molar-refractivity contribution is 6.02. The Morgan fingerprint density at radius 1 is 1.45 bits per heavy atom. The minimum Gasteiger partial charge on any atom is -0.325 e. The lowest BCUT2D eigenvalue weighted by Crippen LogP contribution is -2.52. The van der Waals surface area contributed by atoms with Crippen LogP contribution in [0, 0.1) is 6.92 Å². The van der Waals surface area contributed by atoms with Crippen LogP contribution in [0.2, 0.25) is 0 Å². The lowest BCUT2D eigenvalue weighted by Gasteiger charge is -2.33. The molecule has 1 unspecified atom stereocenters. The molecule has 0 bridgehead atoms. The van der Waals surface area contributed by atoms with E-state index in [9.17, 15) is 9.59 Å². The molecule has 106 valence electrons. The summed E-state index contributed by atoms with van der Waals surface area (Å²) >= 11 is 0. The lowest BCUT2D eigenvalue weighted by atomic mass is 9.97. The molecule has 0 saturated carbocycles. The largest absolute Gasteiger partial charge is 0.325 e. The van der Waals surface area contributed by atoms with Crippen molar-refractivity contribution >= 4 is 17.5 Å². The second kappa shape index (κ2) is 5.49. The number of aryl methyl sites for hydroxylation is 1. The van der Waals surface area contributed by atoms with Crippen molar-refractivity contribution in [2.24, 2.45) is 0 Å². The second-order valence-electron chi connectivity index (χ2n) is 5.40. The Labute approximate surface area is 119 Å². The summed E-state index contributed by atoms with van der Waals surface area (Å²) in [6.45, 7) is 7.89. The quantitative estimate of drug-likeness (QED) is 0.859. The van der Waals surface area contributed by atoms with Gasteiger partial charge in [0.15, 0.2) is 0 Å². The molecule has 1 fully saturated rings. The number of nitrogens with one attached hydrogen (secondary N) is 1. The van der Waals surface area contributed by atoms with E-state index in [0.29, 0.717) is 13.0 Å². The first-order chi connectivity index (χ1) is 9.47. The van der Waals surface area contributed by atoms with E-state index in [-0.39, 0.29) is 11.8 Å². The van der Waals surface area contributed by atoms with Gasteiger partial charge < -0.3 is 10.2 Å². The Kier molecular flexibility index (Phi) is 3.93. The van der Waals surface area contributed by atoms with Gasteiger partial charge in [0.05, 0.1) is 0 Å². The third kappa shape index (κ3) is 2.59. The number of hydrogen-bond acceptors (Lipinski definition) is 2. The van der Waals surface area contributed by atoms with Gasteiger partial charge in [-0.25, -0.2) is 0 Å². The van der Waals surface area contributed by atoms with Gasteiger partial charge in [-0.2, -0.15) is 0 Å². The molecule has 4 heteroatoms. The van der Waals surface area contributed by atoms with E-state index in [0.717, 1.165) is 17.7 Å². The molecule has 4 nitrogen and oxygen atoms in total. The molecule has 2 amide bonds. The molecule has 1 aromatic rings. The summed E-state index contributed by atoms with van der Waals surface area (Å²) in [5.41, 5.74) is 1.04. The van der Waals surface area contributed by atoms with Crippen LogP contribution >= 0.6 is 0 Å². The summed E-state index contributed by atoms with van der Waals surface area (Å²) in [6, 6.07) is 7.63. The van der Waals surface area contributed by atoms with Gasteiger partial charge >= 0.3 is 0 Å². The molecule has 0 aromatic heterocycles. The fourth-order valence-corrected chi connectivity index (χ4v) is 2.65. The number of amides is 2. The summed E-state index contributed by atoms with van der Waals surface area (Å²) in [5, 5.41) is 2.91. The van der Waals surface area contributed by atoms with E-state index in [1.165, 1.54) is 6.08 Å². The first-order valence-corrected chi connectivity index (χ1v) is 6.79. The number of likely N-dealkylation sites (tertiary alicyclic amines) is 1. The first kappa shape index (κ1) is 14.3. The van der Waals surface area contributed by atoms with Gasteiger partial charge in [-0.15, -0.1) is 0 Å². The van der Waals surface area contributed by atoms with Crippen molar-refractivity contribution < 1.29 is 9.59 Å². The van der Waals surface area contributed by atoms with E-state index >= 15 is 0 Å². The minimum absolute atomic E-state index is 0.143. The van der Waals surface area contributed by atoms with Crippen LogP contribution in [0.25, 0.3) is 0 Å². The molecule has 0 spiro atoms. The first-order valence-electron chi connectivity index (χ1n) is 6.79. The number of carbonyl (C=O) groups is 2. The zero-order valence-corrected chi connectivity index (χ0v) is 12.0. The summed E-state index contributed by atoms with van der Waals surface area (Å²) in [6.07, 6.45) is 2.77. The van der Waals surface area contributed by atoms with Gasteiger partial charge in [0.25, 0.3) is 0 Å². The maximum atomic E-state index is 12.5. The van der Waals surface area contributed by atoms with Gasteiger partial charge in [-0.3, -0.25) is 9.59 Å². The average Bonchev–Trinajstić information content (AvgIpc) is 2.81. The van der Waals surface area contributed by atoms with Gasteiger partial charge in [0.1, 0.15) is 5.54 Å². The predicted molar refractivity (Wildman–Crippen MR) is 79.4 cm³/mol. The van der Waals surface area contributed by atoms with E-state index in [1.807, 2.05) is 38.1 Å². The summed E-state index contributed by atoms with van der Waals surface area (Å²) < 4.78 is 0. The Bertz CT molecular complexity index is 553. The predicted octanol–water partition coefficient (Wildman–Crippen LogP) is 2.50. The standard InChI is InChI=1S/C16H20N2O2/c1-4-14(19)18-10-6-9-16(18,3)15(20)17-13-8-5-7-12(2)11-13/h4-5,7-8,11H,1,6,9-10H2,2-3H3,(H,17,20). The molecule has 1 saturated heterocycles. The van der Waals surface area contributed by atoms with Gasteiger partial charge in [-0.1, -0.05) is 18.7 Å². The van der Waals surface area contributed by atoms with Crippen molar-refractivity contribution in [1.82, 2.24) is 4.90 Å². The molecule has 1 aliphatic rings. The third-order valence-electron chi connectivity index (χ3n) is 3.85. The van der Waals surface area contributed by atoms with Crippen molar-refractivity contribution in [2.75, 3.05) is 11.9 Å². The lowest BCUT2D eigenvalue weighted by molar-refractivity contribution is -0.138. The van der Waals surface area contributed by atoms with Crippen molar-refractivity contribution in [3.05, 3.63) is 42.5 Å². The number of benzene rings is 1. The zero-order valence-electron chi connectivity index (χ0n) is 12.0. The molecule has 1 aliphatic heterocycles. The van der Waals surface area contributed by atoms with Crippen LogP contribution in [0.3, 0.4) is 0 Å². The van der Waals surface area contributed by atoms with Gasteiger partial charge in [0.2, 0.25) is 11.8 Å². The smallest absolute Gasteiger partial charge is 0.250 e. The number of nitrogens with zero attached hydrogens (tertiary/aromatic N) is 1. The van der Waals surface area contributed by atoms with Crippen LogP contribution in [-0.4, -0.2) is 28.8 Å². The van der Waals surface area contributed by atoms with Gasteiger partial charge in [0, 0.05) is 12.2 Å². The van der Waals surface area contributed by atoms with Crippen LogP contribution in [-0.2, 0) is 9.59 Å². The monoisotopic (exact) mass is 272 g/mol. The van der Waals surface area contributed by atoms with E-state index < -0.39 is 5.54 Å². The van der Waals surface area contributed by atoms with Crippen molar-refractivity contribution in [3.63, 3.8) is 0 Å². The molecule has 1 atom stereocenters. The summed E-state index contributed by atoms with van der Waals surface area (Å²) in [5.74, 6) is -0.333. The molecular weight excluding hydrogens is 252 g/mol. The average molecular weight is 272 g/mol. The zero-order chi connectivity index (χ0) is 14.8. The van der Waals surface area contributed by atoms with E-state index in [4.69, 9.17) is 0 Å². The van der Waals surface area contributed by atoms with Crippen molar-refractivity contribution in [1.29, 1.82) is 0 Å². The van der Waals surface area contributed by atoms with Crippen LogP contribution in [0.1, 0.15) is 25.3 Å². The number of carbonyl (C=O) groups excluding carboxylic acids is 2. The SMILES string of the molecule is C=CC(=O)N1CCCC1(C)C(=O)Nc1cccc(C)c1. The number of rotatable bonds is 3. The van der Waals surface area contributed by atoms with Crippen LogP contribution in [0.15, 0.2) is 36.9 Å². The maximum Gasteiger partial charge on any atom is 0.250 e. The molecule has 0 radical (unpaired) electrons. The third-order valence-corrected chi connectivity index (χ3v) is 3.85. The summed E-state index contributed by atoms with van der Waals surface area (Å²) in [4.78, 5) is 26.0. The Hall–Kier alpha value is -2.10. The highest BCUT2D eigenvalue weighted by Crippen LogP contribution is 2.30. The van der Waals surface area contributed by atoms with E-state index in [2.05, 4.69) is 11.9 Å². The molecule has 2 rings (SSSR count). The van der Waals surface area contributed by atoms with Crippen molar-refractivity contribution in [3.8, 4) is 0 Å². The molecule has 1 heterocycles. The number of hydrogen-bond donors (Lipinski definition) is 1. The van der Waals surface area contributed by atoms with Crippen LogP contribution in [0.4, 0.5) is 5.69 Å². The molecule has 1 N–H and O–H groups in total. The topological polar surface area (TPSA) is 49.4 Å². The Morgan fingerprint density at radius 2 is 2.20 bits per heavy atom. The fraction of sp³-hybridized carbons (Fsp3) is 0.375.